The minimum atomic E-state index is 0.727. The van der Waals surface area contributed by atoms with Gasteiger partial charge in [0.1, 0.15) is 0 Å². The Morgan fingerprint density at radius 3 is 2.24 bits per heavy atom. The van der Waals surface area contributed by atoms with Gasteiger partial charge in [-0.25, -0.2) is 0 Å². The first-order valence-electron chi connectivity index (χ1n) is 7.11. The zero-order valence-corrected chi connectivity index (χ0v) is 12.3. The average molecular weight is 237 g/mol. The second-order valence-electron chi connectivity index (χ2n) is 5.36. The lowest BCUT2D eigenvalue weighted by molar-refractivity contribution is 0.256. The van der Waals surface area contributed by atoms with Crippen molar-refractivity contribution in [2.45, 2.75) is 53.4 Å². The van der Waals surface area contributed by atoms with Crippen LogP contribution in [0, 0.1) is 11.8 Å². The Labute approximate surface area is 109 Å². The van der Waals surface area contributed by atoms with Crippen molar-refractivity contribution in [1.29, 1.82) is 0 Å². The second-order valence-corrected chi connectivity index (χ2v) is 5.36. The van der Waals surface area contributed by atoms with Gasteiger partial charge >= 0.3 is 0 Å². The van der Waals surface area contributed by atoms with E-state index in [1.807, 2.05) is 6.08 Å². The highest BCUT2D eigenvalue weighted by atomic mass is 15.1. The van der Waals surface area contributed by atoms with Gasteiger partial charge in [0, 0.05) is 18.8 Å². The first-order valence-corrected chi connectivity index (χ1v) is 7.11. The summed E-state index contributed by atoms with van der Waals surface area (Å²) >= 11 is 0. The van der Waals surface area contributed by atoms with Crippen molar-refractivity contribution < 1.29 is 0 Å². The number of hydrogen-bond acceptors (Lipinski definition) is 1. The SMILES string of the molecule is C=CC(=C)N(CC(C)CC)CC(C)CCCC. The molecule has 0 saturated carbocycles. The number of nitrogens with zero attached hydrogens (tertiary/aromatic N) is 1. The number of rotatable bonds is 10. The Balaban J connectivity index is 4.27. The molecule has 0 N–H and O–H groups in total. The van der Waals surface area contributed by atoms with Gasteiger partial charge < -0.3 is 4.90 Å². The van der Waals surface area contributed by atoms with Crippen LogP contribution in [0.15, 0.2) is 24.9 Å². The fourth-order valence-electron chi connectivity index (χ4n) is 1.96. The Hall–Kier alpha value is -0.720. The van der Waals surface area contributed by atoms with Gasteiger partial charge in [-0.3, -0.25) is 0 Å². The zero-order valence-electron chi connectivity index (χ0n) is 12.3. The third-order valence-electron chi connectivity index (χ3n) is 3.45. The van der Waals surface area contributed by atoms with E-state index in [-0.39, 0.29) is 0 Å². The van der Waals surface area contributed by atoms with E-state index in [4.69, 9.17) is 0 Å². The number of allylic oxidation sites excluding steroid dienone is 1. The summed E-state index contributed by atoms with van der Waals surface area (Å²) in [4.78, 5) is 2.40. The molecular formula is C16H31N. The zero-order chi connectivity index (χ0) is 13.3. The quantitative estimate of drug-likeness (QED) is 0.490. The predicted molar refractivity (Wildman–Crippen MR) is 79.1 cm³/mol. The molecule has 0 aliphatic heterocycles. The third-order valence-corrected chi connectivity index (χ3v) is 3.45. The summed E-state index contributed by atoms with van der Waals surface area (Å²) < 4.78 is 0. The third kappa shape index (κ3) is 7.25. The molecule has 0 rings (SSSR count). The molecule has 0 saturated heterocycles. The smallest absolute Gasteiger partial charge is 0.0287 e. The van der Waals surface area contributed by atoms with Crippen LogP contribution in [0.4, 0.5) is 0 Å². The fourth-order valence-corrected chi connectivity index (χ4v) is 1.96. The normalized spacial score (nSPS) is 14.1. The summed E-state index contributed by atoms with van der Waals surface area (Å²) in [5.41, 5.74) is 1.08. The van der Waals surface area contributed by atoms with E-state index in [1.165, 1.54) is 25.7 Å². The molecule has 0 bridgehead atoms. The molecule has 0 amide bonds. The summed E-state index contributed by atoms with van der Waals surface area (Å²) in [6, 6.07) is 0. The van der Waals surface area contributed by atoms with E-state index in [1.54, 1.807) is 0 Å². The first kappa shape index (κ1) is 16.3. The molecule has 1 heteroatoms. The summed E-state index contributed by atoms with van der Waals surface area (Å²) in [6.45, 7) is 19.3. The van der Waals surface area contributed by atoms with Crippen molar-refractivity contribution in [3.05, 3.63) is 24.9 Å². The fraction of sp³-hybridized carbons (Fsp3) is 0.750. The van der Waals surface area contributed by atoms with E-state index in [0.717, 1.165) is 30.6 Å². The Morgan fingerprint density at radius 2 is 1.76 bits per heavy atom. The van der Waals surface area contributed by atoms with Crippen molar-refractivity contribution in [2.24, 2.45) is 11.8 Å². The van der Waals surface area contributed by atoms with Crippen LogP contribution >= 0.6 is 0 Å². The maximum atomic E-state index is 4.10. The van der Waals surface area contributed by atoms with Crippen LogP contribution in [0.5, 0.6) is 0 Å². The van der Waals surface area contributed by atoms with Crippen molar-refractivity contribution in [3.8, 4) is 0 Å². The molecule has 0 fully saturated rings. The lowest BCUT2D eigenvalue weighted by atomic mass is 10.0. The maximum Gasteiger partial charge on any atom is 0.0287 e. The number of hydrogen-bond donors (Lipinski definition) is 0. The molecule has 0 aliphatic carbocycles. The number of unbranched alkanes of at least 4 members (excludes halogenated alkanes) is 1. The van der Waals surface area contributed by atoms with Crippen LogP contribution in [0.25, 0.3) is 0 Å². The highest BCUT2D eigenvalue weighted by Crippen LogP contribution is 2.16. The van der Waals surface area contributed by atoms with E-state index in [9.17, 15) is 0 Å². The molecule has 0 aromatic carbocycles. The average Bonchev–Trinajstić information content (AvgIpc) is 2.34. The molecule has 100 valence electrons. The van der Waals surface area contributed by atoms with Gasteiger partial charge in [0.2, 0.25) is 0 Å². The van der Waals surface area contributed by atoms with E-state index >= 15 is 0 Å². The Kier molecular flexibility index (Phi) is 8.93. The van der Waals surface area contributed by atoms with Crippen molar-refractivity contribution in [3.63, 3.8) is 0 Å². The predicted octanol–water partition coefficient (Wildman–Crippen LogP) is 4.86. The van der Waals surface area contributed by atoms with Gasteiger partial charge in [-0.1, -0.05) is 60.1 Å². The molecule has 0 aliphatic rings. The lowest BCUT2D eigenvalue weighted by Gasteiger charge is -2.30. The van der Waals surface area contributed by atoms with Gasteiger partial charge in [0.15, 0.2) is 0 Å². The van der Waals surface area contributed by atoms with E-state index in [2.05, 4.69) is 45.8 Å². The van der Waals surface area contributed by atoms with Crippen LogP contribution in [-0.4, -0.2) is 18.0 Å². The Morgan fingerprint density at radius 1 is 1.18 bits per heavy atom. The molecule has 0 heterocycles. The van der Waals surface area contributed by atoms with E-state index in [0.29, 0.717) is 0 Å². The molecule has 0 aromatic heterocycles. The van der Waals surface area contributed by atoms with Crippen LogP contribution in [0.1, 0.15) is 53.4 Å². The van der Waals surface area contributed by atoms with Gasteiger partial charge in [0.25, 0.3) is 0 Å². The lowest BCUT2D eigenvalue weighted by Crippen LogP contribution is -2.31. The van der Waals surface area contributed by atoms with Crippen LogP contribution < -0.4 is 0 Å². The molecule has 0 aromatic rings. The van der Waals surface area contributed by atoms with Crippen LogP contribution in [0.3, 0.4) is 0 Å². The van der Waals surface area contributed by atoms with Gasteiger partial charge in [-0.2, -0.15) is 0 Å². The highest BCUT2D eigenvalue weighted by molar-refractivity contribution is 5.10. The second kappa shape index (κ2) is 9.32. The molecule has 2 atom stereocenters. The molecule has 1 nitrogen and oxygen atoms in total. The van der Waals surface area contributed by atoms with Crippen molar-refractivity contribution in [2.75, 3.05) is 13.1 Å². The minimum Gasteiger partial charge on any atom is -0.371 e. The first-order chi connectivity index (χ1) is 8.04. The van der Waals surface area contributed by atoms with Crippen LogP contribution in [0.2, 0.25) is 0 Å². The molecule has 17 heavy (non-hydrogen) atoms. The van der Waals surface area contributed by atoms with Crippen LogP contribution in [-0.2, 0) is 0 Å². The Bertz CT molecular complexity index is 220. The monoisotopic (exact) mass is 237 g/mol. The summed E-state index contributed by atoms with van der Waals surface area (Å²) in [6.07, 6.45) is 7.05. The minimum absolute atomic E-state index is 0.727. The molecular weight excluding hydrogens is 206 g/mol. The summed E-state index contributed by atoms with van der Waals surface area (Å²) in [7, 11) is 0. The standard InChI is InChI=1S/C16H31N/c1-7-10-11-15(5)13-17(16(6)9-3)12-14(4)8-2/h9,14-15H,3,6-8,10-13H2,1-2,4-5H3. The van der Waals surface area contributed by atoms with Gasteiger partial charge in [-0.15, -0.1) is 0 Å². The summed E-state index contributed by atoms with van der Waals surface area (Å²) in [5.74, 6) is 1.47. The molecule has 2 unspecified atom stereocenters. The van der Waals surface area contributed by atoms with Gasteiger partial charge in [-0.05, 0) is 24.3 Å². The van der Waals surface area contributed by atoms with Gasteiger partial charge in [0.05, 0.1) is 0 Å². The molecule has 0 radical (unpaired) electrons. The largest absolute Gasteiger partial charge is 0.371 e. The molecule has 0 spiro atoms. The van der Waals surface area contributed by atoms with Crippen molar-refractivity contribution in [1.82, 2.24) is 4.90 Å². The topological polar surface area (TPSA) is 3.24 Å². The highest BCUT2D eigenvalue weighted by Gasteiger charge is 2.12. The summed E-state index contributed by atoms with van der Waals surface area (Å²) in [5, 5.41) is 0. The van der Waals surface area contributed by atoms with E-state index < -0.39 is 0 Å². The van der Waals surface area contributed by atoms with Crippen molar-refractivity contribution >= 4 is 0 Å². The maximum absolute atomic E-state index is 4.10.